The van der Waals surface area contributed by atoms with Gasteiger partial charge in [0.05, 0.1) is 24.0 Å². The molecule has 0 saturated carbocycles. The van der Waals surface area contributed by atoms with Crippen LogP contribution >= 0.6 is 22.9 Å². The Morgan fingerprint density at radius 1 is 1.29 bits per heavy atom. The van der Waals surface area contributed by atoms with Gasteiger partial charge in [-0.1, -0.05) is 36.8 Å². The summed E-state index contributed by atoms with van der Waals surface area (Å²) in [5.41, 5.74) is 1.49. The summed E-state index contributed by atoms with van der Waals surface area (Å²) in [4.78, 5) is 39.5. The fourth-order valence-corrected chi connectivity index (χ4v) is 4.99. The van der Waals surface area contributed by atoms with E-state index >= 15 is 0 Å². The number of imidazole rings is 1. The standard InChI is InChI=1S/C21H30ClN5O3S/c1-5-14(16(28)19-25-15(6-2)18(22)26-19)24-13-8-10-27(11-9-13)21-23-12(4)17(31-21)20(29)30-7-3/h13-14,24H,5-11H2,1-4H3,(H,25,26). The van der Waals surface area contributed by atoms with Crippen LogP contribution in [0.4, 0.5) is 5.13 Å². The van der Waals surface area contributed by atoms with Crippen molar-refractivity contribution < 1.29 is 14.3 Å². The van der Waals surface area contributed by atoms with Gasteiger partial charge in [0.2, 0.25) is 5.78 Å². The number of Topliss-reactive ketones (excluding diaryl/α,β-unsaturated/α-hetero) is 1. The van der Waals surface area contributed by atoms with E-state index in [1.807, 2.05) is 20.8 Å². The number of anilines is 1. The molecular formula is C21H30ClN5O3S. The molecule has 10 heteroatoms. The number of ether oxygens (including phenoxy) is 1. The largest absolute Gasteiger partial charge is 0.462 e. The number of esters is 1. The average Bonchev–Trinajstić information content (AvgIpc) is 3.34. The highest BCUT2D eigenvalue weighted by Gasteiger charge is 2.28. The Bertz CT molecular complexity index is 920. The molecule has 1 aliphatic heterocycles. The normalized spacial score (nSPS) is 15.8. The molecule has 3 heterocycles. The number of rotatable bonds is 9. The number of ketones is 1. The van der Waals surface area contributed by atoms with E-state index < -0.39 is 0 Å². The van der Waals surface area contributed by atoms with E-state index in [0.717, 1.165) is 36.8 Å². The van der Waals surface area contributed by atoms with Crippen molar-refractivity contribution in [2.24, 2.45) is 0 Å². The molecule has 2 aromatic heterocycles. The third-order valence-electron chi connectivity index (χ3n) is 5.49. The second-order valence-electron chi connectivity index (χ2n) is 7.59. The third kappa shape index (κ3) is 5.45. The Balaban J connectivity index is 1.58. The summed E-state index contributed by atoms with van der Waals surface area (Å²) in [7, 11) is 0. The van der Waals surface area contributed by atoms with Crippen LogP contribution in [-0.4, -0.2) is 58.5 Å². The molecule has 1 atom stereocenters. The van der Waals surface area contributed by atoms with Gasteiger partial charge in [0, 0.05) is 19.1 Å². The van der Waals surface area contributed by atoms with Crippen molar-refractivity contribution in [3.05, 3.63) is 27.2 Å². The molecule has 1 fully saturated rings. The summed E-state index contributed by atoms with van der Waals surface area (Å²) >= 11 is 7.48. The molecule has 2 N–H and O–H groups in total. The van der Waals surface area contributed by atoms with Gasteiger partial charge in [0.1, 0.15) is 4.88 Å². The van der Waals surface area contributed by atoms with Crippen LogP contribution in [0, 0.1) is 6.92 Å². The van der Waals surface area contributed by atoms with Crippen LogP contribution < -0.4 is 10.2 Å². The Hall–Kier alpha value is -1.97. The summed E-state index contributed by atoms with van der Waals surface area (Å²) in [6.07, 6.45) is 3.15. The number of nitrogens with zero attached hydrogens (tertiary/aromatic N) is 3. The molecule has 0 radical (unpaired) electrons. The number of nitrogens with one attached hydrogen (secondary N) is 2. The summed E-state index contributed by atoms with van der Waals surface area (Å²) in [6.45, 7) is 9.56. The summed E-state index contributed by atoms with van der Waals surface area (Å²) in [6, 6.07) is -0.0761. The molecule has 0 aromatic carbocycles. The maximum absolute atomic E-state index is 12.9. The highest BCUT2D eigenvalue weighted by Crippen LogP contribution is 2.29. The molecule has 2 aromatic rings. The second kappa shape index (κ2) is 10.6. The number of thiazole rings is 1. The number of piperidine rings is 1. The van der Waals surface area contributed by atoms with Crippen LogP contribution in [0.15, 0.2) is 0 Å². The quantitative estimate of drug-likeness (QED) is 0.427. The van der Waals surface area contributed by atoms with Gasteiger partial charge in [-0.3, -0.25) is 4.79 Å². The maximum atomic E-state index is 12.9. The predicted molar refractivity (Wildman–Crippen MR) is 123 cm³/mol. The van der Waals surface area contributed by atoms with Crippen molar-refractivity contribution in [1.82, 2.24) is 20.3 Å². The molecule has 1 unspecified atom stereocenters. The zero-order valence-electron chi connectivity index (χ0n) is 18.5. The summed E-state index contributed by atoms with van der Waals surface area (Å²) in [5, 5.41) is 4.72. The van der Waals surface area contributed by atoms with Crippen LogP contribution in [0.2, 0.25) is 5.15 Å². The number of halogens is 1. The van der Waals surface area contributed by atoms with Crippen molar-refractivity contribution in [2.75, 3.05) is 24.6 Å². The van der Waals surface area contributed by atoms with E-state index in [9.17, 15) is 9.59 Å². The first-order chi connectivity index (χ1) is 14.9. The van der Waals surface area contributed by atoms with E-state index in [1.165, 1.54) is 11.3 Å². The minimum Gasteiger partial charge on any atom is -0.462 e. The highest BCUT2D eigenvalue weighted by molar-refractivity contribution is 7.17. The van der Waals surface area contributed by atoms with Crippen LogP contribution in [0.5, 0.6) is 0 Å². The van der Waals surface area contributed by atoms with Gasteiger partial charge in [-0.15, -0.1) is 0 Å². The topological polar surface area (TPSA) is 100 Å². The molecule has 1 aliphatic rings. The number of hydrogen-bond donors (Lipinski definition) is 2. The number of aromatic nitrogens is 3. The van der Waals surface area contributed by atoms with E-state index in [-0.39, 0.29) is 23.8 Å². The molecule has 0 amide bonds. The van der Waals surface area contributed by atoms with Crippen LogP contribution in [-0.2, 0) is 11.2 Å². The van der Waals surface area contributed by atoms with Crippen molar-refractivity contribution >= 4 is 39.8 Å². The number of aryl methyl sites for hydroxylation is 2. The minimum absolute atomic E-state index is 0.0545. The maximum Gasteiger partial charge on any atom is 0.350 e. The molecule has 0 aliphatic carbocycles. The second-order valence-corrected chi connectivity index (χ2v) is 8.93. The fourth-order valence-electron chi connectivity index (χ4n) is 3.71. The van der Waals surface area contributed by atoms with E-state index in [1.54, 1.807) is 6.92 Å². The van der Waals surface area contributed by atoms with E-state index in [0.29, 0.717) is 41.0 Å². The van der Waals surface area contributed by atoms with Gasteiger partial charge in [-0.25, -0.2) is 14.8 Å². The Morgan fingerprint density at radius 3 is 2.58 bits per heavy atom. The molecule has 31 heavy (non-hydrogen) atoms. The highest BCUT2D eigenvalue weighted by atomic mass is 35.5. The smallest absolute Gasteiger partial charge is 0.350 e. The lowest BCUT2D eigenvalue weighted by molar-refractivity contribution is 0.0531. The Labute approximate surface area is 191 Å². The van der Waals surface area contributed by atoms with Gasteiger partial charge >= 0.3 is 5.97 Å². The van der Waals surface area contributed by atoms with Gasteiger partial charge in [0.15, 0.2) is 16.1 Å². The molecule has 3 rings (SSSR count). The zero-order chi connectivity index (χ0) is 22.5. The van der Waals surface area contributed by atoms with Crippen LogP contribution in [0.1, 0.15) is 71.7 Å². The Morgan fingerprint density at radius 2 is 2.00 bits per heavy atom. The number of carbonyl (C=O) groups is 2. The number of carbonyl (C=O) groups excluding carboxylic acids is 2. The molecule has 170 valence electrons. The summed E-state index contributed by atoms with van der Waals surface area (Å²) < 4.78 is 5.11. The SMILES string of the molecule is CCOC(=O)c1sc(N2CCC(NC(CC)C(=O)c3nc(Cl)c(CC)[nH]3)CC2)nc1C. The van der Waals surface area contributed by atoms with Crippen molar-refractivity contribution in [2.45, 2.75) is 65.5 Å². The number of aromatic amines is 1. The van der Waals surface area contributed by atoms with E-state index in [2.05, 4.69) is 25.2 Å². The van der Waals surface area contributed by atoms with Gasteiger partial charge in [0.25, 0.3) is 0 Å². The molecule has 8 nitrogen and oxygen atoms in total. The Kier molecular flexibility index (Phi) is 8.07. The van der Waals surface area contributed by atoms with Crippen molar-refractivity contribution in [3.8, 4) is 0 Å². The van der Waals surface area contributed by atoms with E-state index in [4.69, 9.17) is 16.3 Å². The lowest BCUT2D eigenvalue weighted by Crippen LogP contribution is -2.48. The van der Waals surface area contributed by atoms with Crippen molar-refractivity contribution in [1.29, 1.82) is 0 Å². The summed E-state index contributed by atoms with van der Waals surface area (Å²) in [5.74, 6) is -0.0431. The monoisotopic (exact) mass is 467 g/mol. The fraction of sp³-hybridized carbons (Fsp3) is 0.619. The first-order valence-electron chi connectivity index (χ1n) is 10.8. The first kappa shape index (κ1) is 23.7. The first-order valence-corrected chi connectivity index (χ1v) is 12.0. The van der Waals surface area contributed by atoms with Gasteiger partial charge < -0.3 is 19.9 Å². The molecular weight excluding hydrogens is 438 g/mol. The predicted octanol–water partition coefficient (Wildman–Crippen LogP) is 3.79. The molecule has 0 bridgehead atoms. The number of hydrogen-bond acceptors (Lipinski definition) is 8. The third-order valence-corrected chi connectivity index (χ3v) is 7.00. The lowest BCUT2D eigenvalue weighted by Gasteiger charge is -2.33. The van der Waals surface area contributed by atoms with Crippen LogP contribution in [0.25, 0.3) is 0 Å². The molecule has 1 saturated heterocycles. The zero-order valence-corrected chi connectivity index (χ0v) is 20.0. The van der Waals surface area contributed by atoms with Gasteiger partial charge in [-0.05, 0) is 39.5 Å². The van der Waals surface area contributed by atoms with Gasteiger partial charge in [-0.2, -0.15) is 0 Å². The average molecular weight is 468 g/mol. The number of H-pyrrole nitrogens is 1. The van der Waals surface area contributed by atoms with Crippen molar-refractivity contribution in [3.63, 3.8) is 0 Å². The lowest BCUT2D eigenvalue weighted by atomic mass is 10.0. The van der Waals surface area contributed by atoms with Crippen LogP contribution in [0.3, 0.4) is 0 Å². The minimum atomic E-state index is -0.311. The molecule has 0 spiro atoms.